The summed E-state index contributed by atoms with van der Waals surface area (Å²) in [5.41, 5.74) is 0. The fourth-order valence-electron chi connectivity index (χ4n) is 1.65. The average Bonchev–Trinajstić information content (AvgIpc) is 2.77. The quantitative estimate of drug-likeness (QED) is 0.767. The van der Waals surface area contributed by atoms with Crippen LogP contribution in [0.4, 0.5) is 0 Å². The highest BCUT2D eigenvalue weighted by atomic mass is 32.2. The fourth-order valence-corrected chi connectivity index (χ4v) is 2.09. The summed E-state index contributed by atoms with van der Waals surface area (Å²) >= 11 is 1.63. The van der Waals surface area contributed by atoms with Gasteiger partial charge < -0.3 is 14.8 Å². The highest BCUT2D eigenvalue weighted by Gasteiger charge is 2.13. The number of rotatable bonds is 8. The molecular formula is C13H19NO4S. The summed E-state index contributed by atoms with van der Waals surface area (Å²) in [6.07, 6.45) is 3.27. The predicted molar refractivity (Wildman–Crippen MR) is 74.3 cm³/mol. The zero-order valence-electron chi connectivity index (χ0n) is 11.1. The molecule has 0 saturated heterocycles. The van der Waals surface area contributed by atoms with Crippen molar-refractivity contribution in [1.82, 2.24) is 5.32 Å². The number of hydrogen-bond acceptors (Lipinski definition) is 4. The Morgan fingerprint density at radius 3 is 2.84 bits per heavy atom. The Bertz CT molecular complexity index is 430. The van der Waals surface area contributed by atoms with Crippen LogP contribution in [0.5, 0.6) is 0 Å². The fraction of sp³-hybridized carbons (Fsp3) is 0.538. The normalized spacial score (nSPS) is 12.1. The number of carboxylic acid groups (broad SMARTS) is 1. The molecule has 0 aliphatic heterocycles. The van der Waals surface area contributed by atoms with Gasteiger partial charge in [0.25, 0.3) is 5.91 Å². The number of hydrogen-bond donors (Lipinski definition) is 2. The van der Waals surface area contributed by atoms with Gasteiger partial charge in [-0.15, -0.1) is 0 Å². The second kappa shape index (κ2) is 7.89. The van der Waals surface area contributed by atoms with Gasteiger partial charge in [0, 0.05) is 12.5 Å². The van der Waals surface area contributed by atoms with Crippen LogP contribution in [0, 0.1) is 0 Å². The molecule has 1 aromatic rings. The smallest absolute Gasteiger partial charge is 0.303 e. The lowest BCUT2D eigenvalue weighted by atomic mass is 10.1. The lowest BCUT2D eigenvalue weighted by Gasteiger charge is -2.11. The van der Waals surface area contributed by atoms with Crippen molar-refractivity contribution in [2.24, 2.45) is 0 Å². The summed E-state index contributed by atoms with van der Waals surface area (Å²) in [6, 6.07) is 3.38. The van der Waals surface area contributed by atoms with Crippen LogP contribution in [0.2, 0.25) is 0 Å². The number of furan rings is 1. The van der Waals surface area contributed by atoms with Crippen LogP contribution in [-0.4, -0.2) is 29.3 Å². The van der Waals surface area contributed by atoms with Crippen LogP contribution < -0.4 is 5.32 Å². The lowest BCUT2D eigenvalue weighted by molar-refractivity contribution is -0.137. The minimum Gasteiger partial charge on any atom is -0.481 e. The number of amides is 1. The number of thioether (sulfide) groups is 1. The van der Waals surface area contributed by atoms with E-state index in [-0.39, 0.29) is 18.4 Å². The van der Waals surface area contributed by atoms with Crippen molar-refractivity contribution < 1.29 is 19.1 Å². The number of carboxylic acids is 1. The molecule has 5 nitrogen and oxygen atoms in total. The van der Waals surface area contributed by atoms with Gasteiger partial charge in [-0.25, -0.2) is 0 Å². The molecule has 1 rings (SSSR count). The molecule has 106 valence electrons. The Balaban J connectivity index is 2.38. The summed E-state index contributed by atoms with van der Waals surface area (Å²) < 4.78 is 5.40. The van der Waals surface area contributed by atoms with Gasteiger partial charge in [-0.2, -0.15) is 11.8 Å². The van der Waals surface area contributed by atoms with Gasteiger partial charge in [-0.1, -0.05) is 0 Å². The van der Waals surface area contributed by atoms with Gasteiger partial charge in [-0.05, 0) is 38.2 Å². The maximum atomic E-state index is 11.8. The molecule has 1 heterocycles. The van der Waals surface area contributed by atoms with Crippen molar-refractivity contribution in [3.05, 3.63) is 23.7 Å². The highest BCUT2D eigenvalue weighted by molar-refractivity contribution is 7.97. The molecule has 0 spiro atoms. The molecule has 0 radical (unpaired) electrons. The van der Waals surface area contributed by atoms with Gasteiger partial charge in [0.2, 0.25) is 0 Å². The minimum atomic E-state index is -0.814. The Labute approximate surface area is 116 Å². The topological polar surface area (TPSA) is 79.5 Å². The van der Waals surface area contributed by atoms with Crippen LogP contribution in [0.25, 0.3) is 0 Å². The molecule has 1 atom stereocenters. The lowest BCUT2D eigenvalue weighted by Crippen LogP contribution is -2.32. The van der Waals surface area contributed by atoms with E-state index in [1.165, 1.54) is 0 Å². The monoisotopic (exact) mass is 285 g/mol. The second-order valence-corrected chi connectivity index (χ2v) is 5.23. The molecule has 0 aliphatic carbocycles. The van der Waals surface area contributed by atoms with Crippen LogP contribution in [0.3, 0.4) is 0 Å². The maximum Gasteiger partial charge on any atom is 0.303 e. The first-order valence-corrected chi connectivity index (χ1v) is 7.52. The van der Waals surface area contributed by atoms with Gasteiger partial charge >= 0.3 is 5.97 Å². The van der Waals surface area contributed by atoms with Crippen LogP contribution in [0.1, 0.15) is 42.5 Å². The number of carbonyl (C=O) groups is 2. The minimum absolute atomic E-state index is 0.0686. The van der Waals surface area contributed by atoms with E-state index in [1.807, 2.05) is 13.2 Å². The van der Waals surface area contributed by atoms with E-state index in [1.54, 1.807) is 23.9 Å². The summed E-state index contributed by atoms with van der Waals surface area (Å²) in [4.78, 5) is 22.2. The largest absolute Gasteiger partial charge is 0.481 e. The third kappa shape index (κ3) is 5.83. The third-order valence-electron chi connectivity index (χ3n) is 2.58. The SMILES string of the molecule is CSCc1ccc(C(=O)NC(C)CCCC(=O)O)o1. The van der Waals surface area contributed by atoms with Crippen molar-refractivity contribution in [2.45, 2.75) is 38.0 Å². The van der Waals surface area contributed by atoms with Gasteiger partial charge in [-0.3, -0.25) is 9.59 Å². The molecule has 19 heavy (non-hydrogen) atoms. The Kier molecular flexibility index (Phi) is 6.49. The molecule has 0 fully saturated rings. The highest BCUT2D eigenvalue weighted by Crippen LogP contribution is 2.13. The van der Waals surface area contributed by atoms with E-state index in [4.69, 9.17) is 9.52 Å². The molecule has 0 aromatic carbocycles. The average molecular weight is 285 g/mol. The van der Waals surface area contributed by atoms with Crippen molar-refractivity contribution in [3.63, 3.8) is 0 Å². The Hall–Kier alpha value is -1.43. The molecule has 1 amide bonds. The van der Waals surface area contributed by atoms with Crippen molar-refractivity contribution in [1.29, 1.82) is 0 Å². The molecule has 1 aromatic heterocycles. The standard InChI is InChI=1S/C13H19NO4S/c1-9(4-3-5-12(15)16)14-13(17)11-7-6-10(18-11)8-19-2/h6-7,9H,3-5,8H2,1-2H3,(H,14,17)(H,15,16). The zero-order valence-corrected chi connectivity index (χ0v) is 12.0. The Morgan fingerprint density at radius 2 is 2.21 bits per heavy atom. The third-order valence-corrected chi connectivity index (χ3v) is 3.15. The maximum absolute atomic E-state index is 11.8. The van der Waals surface area contributed by atoms with E-state index >= 15 is 0 Å². The second-order valence-electron chi connectivity index (χ2n) is 4.36. The first kappa shape index (κ1) is 15.6. The number of nitrogens with one attached hydrogen (secondary N) is 1. The molecule has 0 bridgehead atoms. The first-order valence-electron chi connectivity index (χ1n) is 6.13. The first-order chi connectivity index (χ1) is 9.02. The molecule has 0 aliphatic rings. The van der Waals surface area contributed by atoms with E-state index < -0.39 is 5.97 Å². The van der Waals surface area contributed by atoms with E-state index in [2.05, 4.69) is 5.32 Å². The van der Waals surface area contributed by atoms with Crippen molar-refractivity contribution in [2.75, 3.05) is 6.26 Å². The van der Waals surface area contributed by atoms with Crippen molar-refractivity contribution in [3.8, 4) is 0 Å². The van der Waals surface area contributed by atoms with E-state index in [0.717, 1.165) is 11.5 Å². The Morgan fingerprint density at radius 1 is 1.47 bits per heavy atom. The predicted octanol–water partition coefficient (Wildman–Crippen LogP) is 2.52. The number of aliphatic carboxylic acids is 1. The molecule has 1 unspecified atom stereocenters. The molecule has 6 heteroatoms. The van der Waals surface area contributed by atoms with Crippen molar-refractivity contribution >= 4 is 23.6 Å². The molecule has 0 saturated carbocycles. The van der Waals surface area contributed by atoms with Gasteiger partial charge in [0.15, 0.2) is 5.76 Å². The molecular weight excluding hydrogens is 266 g/mol. The summed E-state index contributed by atoms with van der Waals surface area (Å²) in [5.74, 6) is 0.744. The van der Waals surface area contributed by atoms with Crippen LogP contribution in [0.15, 0.2) is 16.5 Å². The van der Waals surface area contributed by atoms with Crippen LogP contribution >= 0.6 is 11.8 Å². The van der Waals surface area contributed by atoms with E-state index in [0.29, 0.717) is 18.6 Å². The zero-order chi connectivity index (χ0) is 14.3. The summed E-state index contributed by atoms with van der Waals surface area (Å²) in [7, 11) is 0. The summed E-state index contributed by atoms with van der Waals surface area (Å²) in [6.45, 7) is 1.85. The van der Waals surface area contributed by atoms with E-state index in [9.17, 15) is 9.59 Å². The number of carbonyl (C=O) groups excluding carboxylic acids is 1. The summed E-state index contributed by atoms with van der Waals surface area (Å²) in [5, 5.41) is 11.3. The van der Waals surface area contributed by atoms with Crippen LogP contribution in [-0.2, 0) is 10.5 Å². The van der Waals surface area contributed by atoms with Gasteiger partial charge in [0.05, 0.1) is 5.75 Å². The van der Waals surface area contributed by atoms with Gasteiger partial charge in [0.1, 0.15) is 5.76 Å². The molecule has 2 N–H and O–H groups in total.